The Labute approximate surface area is 99.5 Å². The number of aromatic nitrogens is 2. The summed E-state index contributed by atoms with van der Waals surface area (Å²) in [6, 6.07) is 0. The average molecular weight is 325 g/mol. The Kier molecular flexibility index (Phi) is 3.69. The predicted molar refractivity (Wildman–Crippen MR) is 65.1 cm³/mol. The van der Waals surface area contributed by atoms with Gasteiger partial charge >= 0.3 is 0 Å². The van der Waals surface area contributed by atoms with Gasteiger partial charge in [0.25, 0.3) is 0 Å². The lowest BCUT2D eigenvalue weighted by atomic mass is 10.1. The van der Waals surface area contributed by atoms with Gasteiger partial charge in [0, 0.05) is 46.1 Å². The molecule has 1 saturated heterocycles. The topological polar surface area (TPSA) is 41.2 Å². The van der Waals surface area contributed by atoms with Crippen LogP contribution in [-0.2, 0) is 4.74 Å². The van der Waals surface area contributed by atoms with E-state index in [4.69, 9.17) is 4.74 Å². The number of halogens is 1. The van der Waals surface area contributed by atoms with Crippen LogP contribution in [0.1, 0.15) is 18.6 Å². The fraction of sp³-hybridized carbons (Fsp3) is 0.625. The highest BCUT2D eigenvalue weighted by molar-refractivity contribution is 14.2. The molecule has 1 aromatic heterocycles. The lowest BCUT2D eigenvalue weighted by molar-refractivity contribution is -0.0526. The molecule has 0 spiro atoms. The number of nitrogens with one attached hydrogen (secondary N) is 1. The first-order chi connectivity index (χ1) is 6.79. The van der Waals surface area contributed by atoms with Crippen LogP contribution in [0.25, 0.3) is 0 Å². The smallest absolute Gasteiger partial charge is 0.0995 e. The first-order valence-electron chi connectivity index (χ1n) is 4.47. The zero-order chi connectivity index (χ0) is 9.97. The monoisotopic (exact) mass is 325 g/mol. The average Bonchev–Trinajstić information content (AvgIpc) is 2.69. The minimum Gasteiger partial charge on any atom is -0.368 e. The number of H-pyrrole nitrogens is 1. The number of rotatable bonds is 2. The zero-order valence-corrected chi connectivity index (χ0v) is 10.8. The van der Waals surface area contributed by atoms with E-state index in [0.29, 0.717) is 0 Å². The van der Waals surface area contributed by atoms with Crippen molar-refractivity contribution in [2.75, 3.05) is 13.1 Å². The standard InChI is InChI=1S/C8H12IN3OS/c1-6-4-12(14-9)5-8(13-6)7-2-10-11-3-7/h2-3,6,8H,4-5H2,1H3,(H,10,11)/t6-,8-/m1/s1. The molecule has 2 rings (SSSR count). The predicted octanol–water partition coefficient (Wildman–Crippen LogP) is 2.17. The Hall–Kier alpha value is 0.210. The van der Waals surface area contributed by atoms with Crippen molar-refractivity contribution in [2.24, 2.45) is 0 Å². The molecule has 0 aromatic carbocycles. The molecule has 1 N–H and O–H groups in total. The molecule has 2 atom stereocenters. The van der Waals surface area contributed by atoms with Gasteiger partial charge in [-0.1, -0.05) is 0 Å². The van der Waals surface area contributed by atoms with Crippen molar-refractivity contribution < 1.29 is 4.74 Å². The van der Waals surface area contributed by atoms with Crippen LogP contribution in [0, 0.1) is 0 Å². The molecule has 1 aromatic rings. The van der Waals surface area contributed by atoms with Gasteiger partial charge in [-0.3, -0.25) is 5.10 Å². The second-order valence-corrected chi connectivity index (χ2v) is 5.22. The Morgan fingerprint density at radius 3 is 3.21 bits per heavy atom. The van der Waals surface area contributed by atoms with Gasteiger partial charge < -0.3 is 4.74 Å². The molecule has 0 radical (unpaired) electrons. The number of hydrogen-bond acceptors (Lipinski definition) is 4. The van der Waals surface area contributed by atoms with Crippen molar-refractivity contribution in [3.8, 4) is 0 Å². The largest absolute Gasteiger partial charge is 0.368 e. The van der Waals surface area contributed by atoms with E-state index in [1.807, 2.05) is 12.4 Å². The highest BCUT2D eigenvalue weighted by Crippen LogP contribution is 2.30. The van der Waals surface area contributed by atoms with Gasteiger partial charge in [0.1, 0.15) is 0 Å². The van der Waals surface area contributed by atoms with Gasteiger partial charge in [0.15, 0.2) is 0 Å². The van der Waals surface area contributed by atoms with Gasteiger partial charge in [-0.2, -0.15) is 5.10 Å². The minimum absolute atomic E-state index is 0.153. The van der Waals surface area contributed by atoms with Crippen LogP contribution in [0.2, 0.25) is 0 Å². The summed E-state index contributed by atoms with van der Waals surface area (Å²) in [7, 11) is 1.74. The van der Waals surface area contributed by atoms with E-state index in [1.165, 1.54) is 0 Å². The normalized spacial score (nSPS) is 29.3. The van der Waals surface area contributed by atoms with Crippen LogP contribution >= 0.6 is 30.3 Å². The maximum absolute atomic E-state index is 5.84. The third-order valence-corrected chi connectivity index (χ3v) is 4.38. The fourth-order valence-corrected chi connectivity index (χ4v) is 3.01. The van der Waals surface area contributed by atoms with E-state index >= 15 is 0 Å². The molecule has 0 bridgehead atoms. The number of aromatic amines is 1. The Morgan fingerprint density at radius 2 is 2.57 bits per heavy atom. The quantitative estimate of drug-likeness (QED) is 0.668. The highest BCUT2D eigenvalue weighted by atomic mass is 127. The summed E-state index contributed by atoms with van der Waals surface area (Å²) in [6.45, 7) is 4.02. The van der Waals surface area contributed by atoms with E-state index in [1.54, 1.807) is 9.12 Å². The second kappa shape index (κ2) is 4.82. The van der Waals surface area contributed by atoms with E-state index in [9.17, 15) is 0 Å². The SMILES string of the molecule is C[C@@H]1CN(SI)C[C@H](c2cn[nH]c2)O1. The molecule has 78 valence electrons. The Morgan fingerprint density at radius 1 is 1.71 bits per heavy atom. The van der Waals surface area contributed by atoms with Crippen LogP contribution in [0.3, 0.4) is 0 Å². The molecule has 0 unspecified atom stereocenters. The Balaban J connectivity index is 2.05. The highest BCUT2D eigenvalue weighted by Gasteiger charge is 2.26. The van der Waals surface area contributed by atoms with E-state index in [-0.39, 0.29) is 12.2 Å². The molecule has 1 aliphatic rings. The Bertz CT molecular complexity index is 282. The van der Waals surface area contributed by atoms with Gasteiger partial charge in [0.2, 0.25) is 0 Å². The number of morpholine rings is 1. The molecule has 6 heteroatoms. The van der Waals surface area contributed by atoms with Crippen LogP contribution < -0.4 is 0 Å². The van der Waals surface area contributed by atoms with E-state index in [2.05, 4.69) is 42.6 Å². The van der Waals surface area contributed by atoms with Gasteiger partial charge in [-0.15, -0.1) is 0 Å². The first-order valence-corrected chi connectivity index (χ1v) is 7.79. The zero-order valence-electron chi connectivity index (χ0n) is 7.81. The molecule has 14 heavy (non-hydrogen) atoms. The third-order valence-electron chi connectivity index (χ3n) is 2.22. The van der Waals surface area contributed by atoms with Crippen molar-refractivity contribution in [1.82, 2.24) is 14.5 Å². The van der Waals surface area contributed by atoms with Crippen molar-refractivity contribution >= 4 is 30.3 Å². The summed E-state index contributed by atoms with van der Waals surface area (Å²) in [4.78, 5) is 0. The van der Waals surface area contributed by atoms with Crippen LogP contribution in [-0.4, -0.2) is 33.7 Å². The van der Waals surface area contributed by atoms with Crippen molar-refractivity contribution in [3.63, 3.8) is 0 Å². The molecule has 0 amide bonds. The van der Waals surface area contributed by atoms with Gasteiger partial charge in [-0.05, 0) is 16.0 Å². The van der Waals surface area contributed by atoms with E-state index in [0.717, 1.165) is 18.7 Å². The van der Waals surface area contributed by atoms with Crippen molar-refractivity contribution in [2.45, 2.75) is 19.1 Å². The first kappa shape index (κ1) is 10.7. The molecule has 0 saturated carbocycles. The van der Waals surface area contributed by atoms with Crippen LogP contribution in [0.15, 0.2) is 12.4 Å². The summed E-state index contributed by atoms with van der Waals surface area (Å²) >= 11 is 2.31. The lowest BCUT2D eigenvalue weighted by Crippen LogP contribution is -2.38. The molecule has 0 aliphatic carbocycles. The maximum atomic E-state index is 5.84. The third kappa shape index (κ3) is 2.41. The van der Waals surface area contributed by atoms with Crippen molar-refractivity contribution in [3.05, 3.63) is 18.0 Å². The van der Waals surface area contributed by atoms with Crippen LogP contribution in [0.5, 0.6) is 0 Å². The molecule has 1 aliphatic heterocycles. The molecular weight excluding hydrogens is 313 g/mol. The summed E-state index contributed by atoms with van der Waals surface area (Å²) in [5.74, 6) is 0. The molecule has 4 nitrogen and oxygen atoms in total. The summed E-state index contributed by atoms with van der Waals surface area (Å²) < 4.78 is 8.16. The fourth-order valence-electron chi connectivity index (χ4n) is 1.59. The molecule has 1 fully saturated rings. The molecular formula is C8H12IN3OS. The molecule has 2 heterocycles. The van der Waals surface area contributed by atoms with Gasteiger partial charge in [-0.25, -0.2) is 4.31 Å². The summed E-state index contributed by atoms with van der Waals surface area (Å²) in [6.07, 6.45) is 4.17. The number of ether oxygens (including phenoxy) is 1. The minimum atomic E-state index is 0.153. The van der Waals surface area contributed by atoms with Crippen molar-refractivity contribution in [1.29, 1.82) is 0 Å². The maximum Gasteiger partial charge on any atom is 0.0995 e. The second-order valence-electron chi connectivity index (χ2n) is 3.38. The van der Waals surface area contributed by atoms with Gasteiger partial charge in [0.05, 0.1) is 18.4 Å². The summed E-state index contributed by atoms with van der Waals surface area (Å²) in [5.41, 5.74) is 1.13. The summed E-state index contributed by atoms with van der Waals surface area (Å²) in [5, 5.41) is 6.76. The lowest BCUT2D eigenvalue weighted by Gasteiger charge is -2.34. The van der Waals surface area contributed by atoms with Crippen LogP contribution in [0.4, 0.5) is 0 Å². The number of hydrogen-bond donors (Lipinski definition) is 1. The number of nitrogens with zero attached hydrogens (tertiary/aromatic N) is 2. The van der Waals surface area contributed by atoms with E-state index < -0.39 is 0 Å².